The molecule has 4 heteroatoms. The number of halogens is 1. The fourth-order valence-electron chi connectivity index (χ4n) is 1.26. The smallest absolute Gasteiger partial charge is 0.127 e. The number of aliphatic hydroxyl groups is 1. The van der Waals surface area contributed by atoms with Gasteiger partial charge < -0.3 is 10.4 Å². The maximum atomic E-state index is 13.2. The number of hydrogen-bond donors (Lipinski definition) is 2. The maximum absolute atomic E-state index is 13.2. The van der Waals surface area contributed by atoms with E-state index >= 15 is 0 Å². The SMILES string of the molecule is CC(C=NCCO)NCc1ccccc1F. The van der Waals surface area contributed by atoms with E-state index in [0.717, 1.165) is 0 Å². The molecule has 1 unspecified atom stereocenters. The number of benzene rings is 1. The number of hydrogen-bond acceptors (Lipinski definition) is 3. The molecule has 1 aromatic rings. The monoisotopic (exact) mass is 224 g/mol. The van der Waals surface area contributed by atoms with Gasteiger partial charge in [-0.25, -0.2) is 4.39 Å². The van der Waals surface area contributed by atoms with Gasteiger partial charge in [-0.3, -0.25) is 4.99 Å². The lowest BCUT2D eigenvalue weighted by molar-refractivity contribution is 0.307. The summed E-state index contributed by atoms with van der Waals surface area (Å²) in [6.07, 6.45) is 1.72. The Kier molecular flexibility index (Phi) is 5.67. The summed E-state index contributed by atoms with van der Waals surface area (Å²) in [5, 5.41) is 11.7. The summed E-state index contributed by atoms with van der Waals surface area (Å²) in [7, 11) is 0. The summed E-state index contributed by atoms with van der Waals surface area (Å²) in [6, 6.07) is 6.74. The van der Waals surface area contributed by atoms with E-state index in [4.69, 9.17) is 5.11 Å². The van der Waals surface area contributed by atoms with Gasteiger partial charge in [0.15, 0.2) is 0 Å². The third kappa shape index (κ3) is 4.51. The van der Waals surface area contributed by atoms with E-state index in [2.05, 4.69) is 10.3 Å². The number of nitrogens with one attached hydrogen (secondary N) is 1. The van der Waals surface area contributed by atoms with Gasteiger partial charge in [-0.2, -0.15) is 0 Å². The molecule has 0 spiro atoms. The first kappa shape index (κ1) is 12.8. The molecule has 0 aliphatic rings. The van der Waals surface area contributed by atoms with Gasteiger partial charge in [0, 0.05) is 24.4 Å². The minimum atomic E-state index is -0.200. The quantitative estimate of drug-likeness (QED) is 0.717. The molecule has 1 atom stereocenters. The van der Waals surface area contributed by atoms with Crippen LogP contribution in [-0.2, 0) is 6.54 Å². The molecule has 0 heterocycles. The van der Waals surface area contributed by atoms with Crippen LogP contribution in [0, 0.1) is 5.82 Å². The minimum absolute atomic E-state index is 0.0521. The number of aliphatic hydroxyl groups excluding tert-OH is 1. The van der Waals surface area contributed by atoms with Crippen LogP contribution < -0.4 is 5.32 Å². The molecule has 0 radical (unpaired) electrons. The van der Waals surface area contributed by atoms with Crippen LogP contribution in [0.15, 0.2) is 29.3 Å². The Morgan fingerprint density at radius 1 is 1.50 bits per heavy atom. The van der Waals surface area contributed by atoms with Gasteiger partial charge in [-0.1, -0.05) is 18.2 Å². The fourth-order valence-corrected chi connectivity index (χ4v) is 1.26. The Morgan fingerprint density at radius 3 is 2.94 bits per heavy atom. The van der Waals surface area contributed by atoms with Gasteiger partial charge in [0.1, 0.15) is 5.82 Å². The second-order valence-corrected chi connectivity index (χ2v) is 3.54. The van der Waals surface area contributed by atoms with Crippen molar-refractivity contribution in [3.8, 4) is 0 Å². The maximum Gasteiger partial charge on any atom is 0.127 e. The molecule has 16 heavy (non-hydrogen) atoms. The third-order valence-electron chi connectivity index (χ3n) is 2.13. The normalized spacial score (nSPS) is 13.2. The topological polar surface area (TPSA) is 44.6 Å². The Labute approximate surface area is 95.0 Å². The van der Waals surface area contributed by atoms with Gasteiger partial charge in [-0.15, -0.1) is 0 Å². The van der Waals surface area contributed by atoms with Gasteiger partial charge in [-0.05, 0) is 13.0 Å². The lowest BCUT2D eigenvalue weighted by atomic mass is 10.2. The van der Waals surface area contributed by atoms with E-state index in [1.54, 1.807) is 18.3 Å². The molecular formula is C12H17FN2O. The van der Waals surface area contributed by atoms with E-state index < -0.39 is 0 Å². The Morgan fingerprint density at radius 2 is 2.25 bits per heavy atom. The summed E-state index contributed by atoms with van der Waals surface area (Å²) in [6.45, 7) is 2.86. The Bertz CT molecular complexity index is 342. The molecule has 2 N–H and O–H groups in total. The molecule has 0 saturated carbocycles. The zero-order chi connectivity index (χ0) is 11.8. The predicted octanol–water partition coefficient (Wildman–Crippen LogP) is 1.37. The average molecular weight is 224 g/mol. The van der Waals surface area contributed by atoms with Crippen molar-refractivity contribution in [2.75, 3.05) is 13.2 Å². The number of nitrogens with zero attached hydrogens (tertiary/aromatic N) is 1. The highest BCUT2D eigenvalue weighted by molar-refractivity contribution is 5.63. The number of rotatable bonds is 6. The molecule has 0 aromatic heterocycles. The summed E-state index contributed by atoms with van der Waals surface area (Å²) in [5.41, 5.74) is 0.643. The standard InChI is InChI=1S/C12H17FN2O/c1-10(8-14-6-7-16)15-9-11-4-2-3-5-12(11)13/h2-5,8,10,15-16H,6-7,9H2,1H3. The first-order chi connectivity index (χ1) is 7.74. The van der Waals surface area contributed by atoms with E-state index in [9.17, 15) is 4.39 Å². The van der Waals surface area contributed by atoms with Gasteiger partial charge in [0.25, 0.3) is 0 Å². The molecule has 0 fully saturated rings. The molecule has 0 amide bonds. The zero-order valence-electron chi connectivity index (χ0n) is 9.36. The molecular weight excluding hydrogens is 207 g/mol. The van der Waals surface area contributed by atoms with Crippen LogP contribution in [0.2, 0.25) is 0 Å². The number of aliphatic imine (C=N–C) groups is 1. The van der Waals surface area contributed by atoms with Crippen LogP contribution in [0.1, 0.15) is 12.5 Å². The Hall–Kier alpha value is -1.26. The lowest BCUT2D eigenvalue weighted by Crippen LogP contribution is -2.27. The fraction of sp³-hybridized carbons (Fsp3) is 0.417. The molecule has 0 aliphatic carbocycles. The molecule has 1 aromatic carbocycles. The van der Waals surface area contributed by atoms with Crippen LogP contribution in [0.3, 0.4) is 0 Å². The van der Waals surface area contributed by atoms with Gasteiger partial charge >= 0.3 is 0 Å². The third-order valence-corrected chi connectivity index (χ3v) is 2.13. The summed E-state index contributed by atoms with van der Waals surface area (Å²) < 4.78 is 13.2. The van der Waals surface area contributed by atoms with Crippen molar-refractivity contribution in [2.45, 2.75) is 19.5 Å². The van der Waals surface area contributed by atoms with Crippen LogP contribution >= 0.6 is 0 Å². The summed E-state index contributed by atoms with van der Waals surface area (Å²) in [5.74, 6) is -0.200. The van der Waals surface area contributed by atoms with Crippen LogP contribution in [0.25, 0.3) is 0 Å². The largest absolute Gasteiger partial charge is 0.394 e. The van der Waals surface area contributed by atoms with Gasteiger partial charge in [0.05, 0.1) is 13.2 Å². The highest BCUT2D eigenvalue weighted by Crippen LogP contribution is 2.05. The van der Waals surface area contributed by atoms with Crippen LogP contribution in [0.4, 0.5) is 4.39 Å². The molecule has 88 valence electrons. The Balaban J connectivity index is 2.37. The average Bonchev–Trinajstić information content (AvgIpc) is 2.28. The molecule has 0 saturated heterocycles. The van der Waals surface area contributed by atoms with Crippen LogP contribution in [0.5, 0.6) is 0 Å². The highest BCUT2D eigenvalue weighted by atomic mass is 19.1. The van der Waals surface area contributed by atoms with E-state index in [-0.39, 0.29) is 18.5 Å². The molecule has 0 bridgehead atoms. The minimum Gasteiger partial charge on any atom is -0.394 e. The lowest BCUT2D eigenvalue weighted by Gasteiger charge is -2.09. The van der Waals surface area contributed by atoms with Gasteiger partial charge in [0.2, 0.25) is 0 Å². The van der Waals surface area contributed by atoms with Crippen molar-refractivity contribution < 1.29 is 9.50 Å². The first-order valence-corrected chi connectivity index (χ1v) is 5.31. The van der Waals surface area contributed by atoms with Crippen molar-refractivity contribution in [3.63, 3.8) is 0 Å². The summed E-state index contributed by atoms with van der Waals surface area (Å²) in [4.78, 5) is 3.99. The van der Waals surface area contributed by atoms with E-state index in [1.807, 2.05) is 13.0 Å². The molecule has 1 rings (SSSR count). The van der Waals surface area contributed by atoms with Crippen molar-refractivity contribution in [1.29, 1.82) is 0 Å². The van der Waals surface area contributed by atoms with E-state index in [0.29, 0.717) is 18.7 Å². The van der Waals surface area contributed by atoms with Crippen molar-refractivity contribution in [3.05, 3.63) is 35.6 Å². The van der Waals surface area contributed by atoms with Crippen LogP contribution in [-0.4, -0.2) is 30.5 Å². The van der Waals surface area contributed by atoms with Crippen molar-refractivity contribution in [2.24, 2.45) is 4.99 Å². The second kappa shape index (κ2) is 7.09. The highest BCUT2D eigenvalue weighted by Gasteiger charge is 2.01. The van der Waals surface area contributed by atoms with E-state index in [1.165, 1.54) is 6.07 Å². The molecule has 3 nitrogen and oxygen atoms in total. The van der Waals surface area contributed by atoms with Crippen molar-refractivity contribution >= 4 is 6.21 Å². The second-order valence-electron chi connectivity index (χ2n) is 3.54. The predicted molar refractivity (Wildman–Crippen MR) is 63.1 cm³/mol. The molecule has 0 aliphatic heterocycles. The van der Waals surface area contributed by atoms with Crippen molar-refractivity contribution in [1.82, 2.24) is 5.32 Å². The first-order valence-electron chi connectivity index (χ1n) is 5.31. The summed E-state index contributed by atoms with van der Waals surface area (Å²) >= 11 is 0. The zero-order valence-corrected chi connectivity index (χ0v) is 9.36.